The summed E-state index contributed by atoms with van der Waals surface area (Å²) in [5, 5.41) is 0. The zero-order valence-electron chi connectivity index (χ0n) is 11.7. The molecule has 0 N–H and O–H groups in total. The van der Waals surface area contributed by atoms with Gasteiger partial charge in [-0.25, -0.2) is 4.98 Å². The van der Waals surface area contributed by atoms with E-state index in [1.807, 2.05) is 4.57 Å². The molecule has 0 aliphatic heterocycles. The van der Waals surface area contributed by atoms with E-state index in [-0.39, 0.29) is 0 Å². The molecular weight excluding hydrogens is 321 g/mol. The van der Waals surface area contributed by atoms with Crippen LogP contribution in [-0.4, -0.2) is 26.8 Å². The van der Waals surface area contributed by atoms with Crippen LogP contribution < -0.4 is 4.74 Å². The summed E-state index contributed by atoms with van der Waals surface area (Å²) < 4.78 is 67.3. The Morgan fingerprint density at radius 2 is 1.87 bits per heavy atom. The molecule has 0 bridgehead atoms. The fourth-order valence-electron chi connectivity index (χ4n) is 2.10. The normalized spacial score (nSPS) is 15.7. The predicted molar refractivity (Wildman–Crippen MR) is 69.2 cm³/mol. The highest BCUT2D eigenvalue weighted by Crippen LogP contribution is 2.39. The van der Waals surface area contributed by atoms with Gasteiger partial charge in [-0.15, -0.1) is 0 Å². The molecule has 2 heterocycles. The van der Waals surface area contributed by atoms with Gasteiger partial charge < -0.3 is 9.30 Å². The molecule has 1 fully saturated rings. The molecular formula is C14H12F5N3O. The molecule has 9 heteroatoms. The van der Waals surface area contributed by atoms with E-state index in [1.54, 1.807) is 12.4 Å². The number of hydrogen-bond acceptors (Lipinski definition) is 3. The van der Waals surface area contributed by atoms with Crippen LogP contribution in [0.25, 0.3) is 0 Å². The molecule has 23 heavy (non-hydrogen) atoms. The van der Waals surface area contributed by atoms with Gasteiger partial charge in [0.2, 0.25) is 0 Å². The van der Waals surface area contributed by atoms with Crippen molar-refractivity contribution >= 4 is 0 Å². The second-order valence-electron chi connectivity index (χ2n) is 5.29. The molecule has 3 rings (SSSR count). The zero-order chi connectivity index (χ0) is 16.7. The van der Waals surface area contributed by atoms with Crippen molar-refractivity contribution in [3.05, 3.63) is 42.2 Å². The number of hydrogen-bond donors (Lipinski definition) is 0. The van der Waals surface area contributed by atoms with Gasteiger partial charge in [0, 0.05) is 18.3 Å². The minimum Gasteiger partial charge on any atom is -0.424 e. The molecule has 0 spiro atoms. The molecule has 1 saturated carbocycles. The first-order valence-electron chi connectivity index (χ1n) is 6.86. The van der Waals surface area contributed by atoms with Gasteiger partial charge in [-0.2, -0.15) is 22.0 Å². The van der Waals surface area contributed by atoms with Crippen molar-refractivity contribution in [3.8, 4) is 5.75 Å². The summed E-state index contributed by atoms with van der Waals surface area (Å²) in [6, 6.07) is 2.38. The second kappa shape index (κ2) is 5.47. The third-order valence-electron chi connectivity index (χ3n) is 3.40. The average Bonchev–Trinajstić information content (AvgIpc) is 3.20. The summed E-state index contributed by atoms with van der Waals surface area (Å²) in [6.07, 6.45) is -4.59. The smallest absolute Gasteiger partial charge is 0.424 e. The number of halogens is 5. The van der Waals surface area contributed by atoms with Gasteiger partial charge in [-0.1, -0.05) is 0 Å². The summed E-state index contributed by atoms with van der Waals surface area (Å²) in [4.78, 5) is 8.12. The van der Waals surface area contributed by atoms with E-state index >= 15 is 0 Å². The van der Waals surface area contributed by atoms with E-state index in [0.717, 1.165) is 30.9 Å². The monoisotopic (exact) mass is 333 g/mol. The summed E-state index contributed by atoms with van der Waals surface area (Å²) in [6.45, 7) is 0.363. The van der Waals surface area contributed by atoms with Crippen LogP contribution in [0, 0.1) is 0 Å². The van der Waals surface area contributed by atoms with E-state index in [4.69, 9.17) is 0 Å². The van der Waals surface area contributed by atoms with Crippen LogP contribution >= 0.6 is 0 Å². The molecule has 2 aromatic rings. The van der Waals surface area contributed by atoms with Crippen LogP contribution in [0.4, 0.5) is 22.0 Å². The first-order chi connectivity index (χ1) is 10.8. The van der Waals surface area contributed by atoms with Gasteiger partial charge in [0.25, 0.3) is 0 Å². The lowest BCUT2D eigenvalue weighted by Crippen LogP contribution is -2.41. The molecule has 1 aliphatic rings. The van der Waals surface area contributed by atoms with Crippen LogP contribution in [0.5, 0.6) is 5.75 Å². The van der Waals surface area contributed by atoms with E-state index < -0.39 is 18.0 Å². The third kappa shape index (κ3) is 3.43. The summed E-state index contributed by atoms with van der Waals surface area (Å²) in [7, 11) is 0. The highest BCUT2D eigenvalue weighted by molar-refractivity contribution is 5.21. The SMILES string of the molecule is FC(F)(F)C(F)(F)Oc1ccc(Cn2ccnc2C2CC2)nc1. The van der Waals surface area contributed by atoms with Crippen molar-refractivity contribution in [1.82, 2.24) is 14.5 Å². The molecule has 1 aliphatic carbocycles. The summed E-state index contributed by atoms with van der Waals surface area (Å²) in [5.41, 5.74) is 0.507. The van der Waals surface area contributed by atoms with Crippen molar-refractivity contribution in [2.24, 2.45) is 0 Å². The number of alkyl halides is 5. The lowest BCUT2D eigenvalue weighted by molar-refractivity contribution is -0.360. The highest BCUT2D eigenvalue weighted by Gasteiger charge is 2.61. The Hall–Kier alpha value is -2.19. The van der Waals surface area contributed by atoms with Crippen LogP contribution in [0.2, 0.25) is 0 Å². The fourth-order valence-corrected chi connectivity index (χ4v) is 2.10. The Balaban J connectivity index is 1.69. The van der Waals surface area contributed by atoms with Crippen molar-refractivity contribution in [1.29, 1.82) is 0 Å². The van der Waals surface area contributed by atoms with Crippen molar-refractivity contribution in [2.45, 2.75) is 37.6 Å². The Kier molecular flexibility index (Phi) is 3.73. The van der Waals surface area contributed by atoms with Crippen molar-refractivity contribution in [2.75, 3.05) is 0 Å². The zero-order valence-corrected chi connectivity index (χ0v) is 11.7. The maximum absolute atomic E-state index is 12.8. The van der Waals surface area contributed by atoms with Crippen LogP contribution in [-0.2, 0) is 6.54 Å². The molecule has 2 aromatic heterocycles. The molecule has 0 saturated heterocycles. The first kappa shape index (κ1) is 15.7. The van der Waals surface area contributed by atoms with Gasteiger partial charge in [0.1, 0.15) is 11.6 Å². The molecule has 0 radical (unpaired) electrons. The Morgan fingerprint density at radius 3 is 2.43 bits per heavy atom. The lowest BCUT2D eigenvalue weighted by Gasteiger charge is -2.19. The third-order valence-corrected chi connectivity index (χ3v) is 3.40. The van der Waals surface area contributed by atoms with Crippen LogP contribution in [0.15, 0.2) is 30.7 Å². The molecule has 0 unspecified atom stereocenters. The molecule has 0 atom stereocenters. The number of nitrogens with zero attached hydrogens (tertiary/aromatic N) is 3. The number of aromatic nitrogens is 3. The van der Waals surface area contributed by atoms with Crippen LogP contribution in [0.3, 0.4) is 0 Å². The number of pyridine rings is 1. The highest BCUT2D eigenvalue weighted by atomic mass is 19.4. The van der Waals surface area contributed by atoms with Gasteiger partial charge in [0.05, 0.1) is 18.4 Å². The quantitative estimate of drug-likeness (QED) is 0.783. The second-order valence-corrected chi connectivity index (χ2v) is 5.29. The van der Waals surface area contributed by atoms with Crippen molar-refractivity contribution < 1.29 is 26.7 Å². The van der Waals surface area contributed by atoms with Crippen molar-refractivity contribution in [3.63, 3.8) is 0 Å². The largest absolute Gasteiger partial charge is 0.499 e. The predicted octanol–water partition coefficient (Wildman–Crippen LogP) is 3.74. The minimum absolute atomic E-state index is 0.363. The molecule has 124 valence electrons. The molecule has 0 aromatic carbocycles. The van der Waals surface area contributed by atoms with Gasteiger partial charge in [-0.3, -0.25) is 4.98 Å². The average molecular weight is 333 g/mol. The Morgan fingerprint density at radius 1 is 1.13 bits per heavy atom. The summed E-state index contributed by atoms with van der Waals surface area (Å²) in [5.74, 6) is 0.706. The molecule has 4 nitrogen and oxygen atoms in total. The summed E-state index contributed by atoms with van der Waals surface area (Å²) >= 11 is 0. The van der Waals surface area contributed by atoms with Gasteiger partial charge in [-0.05, 0) is 25.0 Å². The first-order valence-corrected chi connectivity index (χ1v) is 6.86. The number of imidazole rings is 1. The van der Waals surface area contributed by atoms with Gasteiger partial charge in [0.15, 0.2) is 0 Å². The van der Waals surface area contributed by atoms with E-state index in [1.165, 1.54) is 6.07 Å². The maximum Gasteiger partial charge on any atom is 0.499 e. The lowest BCUT2D eigenvalue weighted by atomic mass is 10.3. The van der Waals surface area contributed by atoms with E-state index in [0.29, 0.717) is 18.2 Å². The number of rotatable bonds is 5. The Bertz CT molecular complexity index is 676. The maximum atomic E-state index is 12.8. The number of ether oxygens (including phenoxy) is 1. The Labute approximate surface area is 127 Å². The topological polar surface area (TPSA) is 39.9 Å². The van der Waals surface area contributed by atoms with E-state index in [2.05, 4.69) is 14.7 Å². The minimum atomic E-state index is -5.78. The van der Waals surface area contributed by atoms with Gasteiger partial charge >= 0.3 is 12.3 Å². The fraction of sp³-hybridized carbons (Fsp3) is 0.429. The molecule has 0 amide bonds. The van der Waals surface area contributed by atoms with Crippen LogP contribution in [0.1, 0.15) is 30.3 Å². The standard InChI is InChI=1S/C14H12F5N3O/c15-13(16,17)14(18,19)23-11-4-3-10(21-7-11)8-22-6-5-20-12(22)9-1-2-9/h3-7,9H,1-2,8H2. The van der Waals surface area contributed by atoms with E-state index in [9.17, 15) is 22.0 Å².